The minimum absolute atomic E-state index is 0.161. The van der Waals surface area contributed by atoms with E-state index >= 15 is 0 Å². The van der Waals surface area contributed by atoms with Gasteiger partial charge in [0, 0.05) is 54.5 Å². The lowest BCUT2D eigenvalue weighted by atomic mass is 9.83. The van der Waals surface area contributed by atoms with Crippen molar-refractivity contribution >= 4 is 29.4 Å². The number of carbonyl (C=O) groups excluding carboxylic acids is 1. The zero-order valence-corrected chi connectivity index (χ0v) is 16.4. The van der Waals surface area contributed by atoms with Gasteiger partial charge < -0.3 is 15.6 Å². The minimum Gasteiger partial charge on any atom is -0.358 e. The monoisotopic (exact) mass is 381 g/mol. The Bertz CT molecular complexity index is 1140. The highest BCUT2D eigenvalue weighted by Gasteiger charge is 2.35. The predicted molar refractivity (Wildman–Crippen MR) is 115 cm³/mol. The zero-order valence-electron chi connectivity index (χ0n) is 16.4. The lowest BCUT2D eigenvalue weighted by Crippen LogP contribution is -2.23. The van der Waals surface area contributed by atoms with E-state index in [0.717, 1.165) is 11.3 Å². The fourth-order valence-electron chi connectivity index (χ4n) is 3.35. The molecule has 1 heterocycles. The summed E-state index contributed by atoms with van der Waals surface area (Å²) >= 11 is 0. The zero-order chi connectivity index (χ0) is 20.5. The molecule has 0 radical (unpaired) electrons. The van der Waals surface area contributed by atoms with E-state index in [9.17, 15) is 4.79 Å². The van der Waals surface area contributed by atoms with E-state index in [0.29, 0.717) is 39.8 Å². The summed E-state index contributed by atoms with van der Waals surface area (Å²) in [5.74, 6) is 0.367. The van der Waals surface area contributed by atoms with Gasteiger partial charge in [-0.3, -0.25) is 4.79 Å². The molecule has 1 aliphatic heterocycles. The van der Waals surface area contributed by atoms with Crippen molar-refractivity contribution in [2.24, 2.45) is 9.98 Å². The first kappa shape index (κ1) is 18.4. The molecule has 2 aliphatic rings. The van der Waals surface area contributed by atoms with Crippen LogP contribution in [0.25, 0.3) is 0 Å². The molecule has 1 aliphatic carbocycles. The Morgan fingerprint density at radius 1 is 1.14 bits per heavy atom. The van der Waals surface area contributed by atoms with E-state index in [-0.39, 0.29) is 5.78 Å². The number of ketones is 1. The Morgan fingerprint density at radius 2 is 1.90 bits per heavy atom. The standard InChI is InChI=1S/C23H19N5O/c1-14(25-15-9-5-4-6-10-15)18(13-24)19-21-20(26-23(27-21)28(2)3)16-11-7-8-12-17(16)22(19)29/h5,7-13,24-25H,1-3H3/b18-14+,24-13?. The second-order valence-electron chi connectivity index (χ2n) is 6.89. The smallest absolute Gasteiger partial charge is 0.226 e. The van der Waals surface area contributed by atoms with E-state index in [4.69, 9.17) is 5.41 Å². The number of guanidine groups is 1. The van der Waals surface area contributed by atoms with Gasteiger partial charge in [0.05, 0.1) is 5.57 Å². The normalized spacial score (nSPS) is 15.5. The van der Waals surface area contributed by atoms with Gasteiger partial charge in [0.1, 0.15) is 11.4 Å². The van der Waals surface area contributed by atoms with Gasteiger partial charge in [-0.1, -0.05) is 36.4 Å². The molecule has 0 unspecified atom stereocenters. The SMILES string of the molecule is C/C(Nc1cc#ccc1)=C(/C=N)C1=C2N=C(N(C)C)N=C2c2ccccc2C1=O. The Kier molecular flexibility index (Phi) is 4.57. The van der Waals surface area contributed by atoms with Gasteiger partial charge in [-0.15, -0.1) is 0 Å². The Labute approximate surface area is 169 Å². The van der Waals surface area contributed by atoms with E-state index in [1.54, 1.807) is 23.1 Å². The molecule has 6 heteroatoms. The summed E-state index contributed by atoms with van der Waals surface area (Å²) in [6, 6.07) is 18.5. The average Bonchev–Trinajstić information content (AvgIpc) is 3.17. The van der Waals surface area contributed by atoms with Crippen LogP contribution in [-0.4, -0.2) is 42.7 Å². The first-order valence-electron chi connectivity index (χ1n) is 9.11. The third-order valence-corrected chi connectivity index (χ3v) is 4.75. The second-order valence-corrected chi connectivity index (χ2v) is 6.89. The van der Waals surface area contributed by atoms with Gasteiger partial charge in [-0.05, 0) is 19.1 Å². The van der Waals surface area contributed by atoms with Crippen LogP contribution in [0.2, 0.25) is 0 Å². The average molecular weight is 381 g/mol. The van der Waals surface area contributed by atoms with Crippen molar-refractivity contribution < 1.29 is 4.79 Å². The molecule has 2 aromatic carbocycles. The summed E-state index contributed by atoms with van der Waals surface area (Å²) in [7, 11) is 3.72. The van der Waals surface area contributed by atoms with Crippen LogP contribution in [0.3, 0.4) is 0 Å². The van der Waals surface area contributed by atoms with Gasteiger partial charge in [0.2, 0.25) is 5.96 Å². The molecule has 6 nitrogen and oxygen atoms in total. The maximum atomic E-state index is 13.4. The molecule has 4 rings (SSSR count). The number of rotatable bonds is 4. The van der Waals surface area contributed by atoms with Crippen molar-refractivity contribution in [2.75, 3.05) is 19.4 Å². The number of nitrogens with one attached hydrogen (secondary N) is 2. The van der Waals surface area contributed by atoms with Gasteiger partial charge in [-0.2, -0.15) is 0 Å². The van der Waals surface area contributed by atoms with Gasteiger partial charge in [-0.25, -0.2) is 9.98 Å². The molecular formula is C23H19N5O. The summed E-state index contributed by atoms with van der Waals surface area (Å²) in [6.45, 7) is 1.83. The van der Waals surface area contributed by atoms with Crippen LogP contribution in [-0.2, 0) is 0 Å². The van der Waals surface area contributed by atoms with Crippen LogP contribution in [0.5, 0.6) is 0 Å². The number of hydrogen-bond donors (Lipinski definition) is 2. The van der Waals surface area contributed by atoms with Gasteiger partial charge >= 0.3 is 0 Å². The van der Waals surface area contributed by atoms with Crippen molar-refractivity contribution in [2.45, 2.75) is 6.92 Å². The fourth-order valence-corrected chi connectivity index (χ4v) is 3.35. The molecule has 2 N–H and O–H groups in total. The quantitative estimate of drug-likeness (QED) is 0.796. The van der Waals surface area contributed by atoms with Crippen LogP contribution >= 0.6 is 0 Å². The maximum absolute atomic E-state index is 13.4. The van der Waals surface area contributed by atoms with Crippen molar-refractivity contribution in [3.8, 4) is 0 Å². The predicted octanol–water partition coefficient (Wildman–Crippen LogP) is 3.49. The number of hydrogen-bond acceptors (Lipinski definition) is 6. The molecule has 0 saturated carbocycles. The van der Waals surface area contributed by atoms with Crippen LogP contribution in [0, 0.1) is 17.5 Å². The summed E-state index contributed by atoms with van der Waals surface area (Å²) in [6.07, 6.45) is 1.19. The van der Waals surface area contributed by atoms with E-state index < -0.39 is 0 Å². The molecule has 2 aromatic rings. The highest BCUT2D eigenvalue weighted by molar-refractivity contribution is 6.34. The lowest BCUT2D eigenvalue weighted by molar-refractivity contribution is 0.103. The number of carbonyl (C=O) groups is 1. The molecule has 142 valence electrons. The molecule has 0 amide bonds. The van der Waals surface area contributed by atoms with Gasteiger partial charge in [0.25, 0.3) is 0 Å². The van der Waals surface area contributed by atoms with Crippen molar-refractivity contribution in [3.63, 3.8) is 0 Å². The lowest BCUT2D eigenvalue weighted by Gasteiger charge is -2.21. The van der Waals surface area contributed by atoms with E-state index in [1.165, 1.54) is 6.21 Å². The largest absolute Gasteiger partial charge is 0.358 e. The van der Waals surface area contributed by atoms with Crippen molar-refractivity contribution in [1.29, 1.82) is 5.41 Å². The molecule has 0 bridgehead atoms. The highest BCUT2D eigenvalue weighted by Crippen LogP contribution is 2.34. The highest BCUT2D eigenvalue weighted by atomic mass is 16.1. The third kappa shape index (κ3) is 3.13. The van der Waals surface area contributed by atoms with Crippen molar-refractivity contribution in [3.05, 3.63) is 88.3 Å². The molecule has 0 aromatic heterocycles. The first-order valence-corrected chi connectivity index (χ1v) is 9.11. The van der Waals surface area contributed by atoms with E-state index in [2.05, 4.69) is 27.4 Å². The number of anilines is 1. The maximum Gasteiger partial charge on any atom is 0.226 e. The topological polar surface area (TPSA) is 80.9 Å². The Hall–Kier alpha value is -3.98. The Morgan fingerprint density at radius 3 is 2.55 bits per heavy atom. The third-order valence-electron chi connectivity index (χ3n) is 4.75. The first-order chi connectivity index (χ1) is 14.0. The Balaban J connectivity index is 1.91. The van der Waals surface area contributed by atoms with E-state index in [1.807, 2.05) is 45.3 Å². The summed E-state index contributed by atoms with van der Waals surface area (Å²) in [4.78, 5) is 24.5. The molecule has 0 spiro atoms. The van der Waals surface area contributed by atoms with Gasteiger partial charge in [0.15, 0.2) is 5.78 Å². The number of fused-ring (bicyclic) bond motifs is 3. The number of allylic oxidation sites excluding steroid dienone is 4. The molecular weight excluding hydrogens is 362 g/mol. The van der Waals surface area contributed by atoms with Crippen LogP contribution in [0.15, 0.2) is 75.0 Å². The molecule has 0 saturated heterocycles. The van der Waals surface area contributed by atoms with Crippen molar-refractivity contribution in [1.82, 2.24) is 4.90 Å². The molecule has 29 heavy (non-hydrogen) atoms. The van der Waals surface area contributed by atoms with Crippen LogP contribution in [0.1, 0.15) is 22.8 Å². The summed E-state index contributed by atoms with van der Waals surface area (Å²) < 4.78 is 0. The number of aliphatic imine (C=N–C) groups is 2. The number of Topliss-reactive ketones (excluding diaryl/α,β-unsaturated/α-hetero) is 1. The number of benzene rings is 1. The summed E-state index contributed by atoms with van der Waals surface area (Å²) in [5, 5.41) is 11.3. The van der Waals surface area contributed by atoms with Crippen LogP contribution in [0.4, 0.5) is 5.69 Å². The van der Waals surface area contributed by atoms with Crippen LogP contribution < -0.4 is 5.32 Å². The minimum atomic E-state index is -0.161. The second kappa shape index (κ2) is 7.21. The molecule has 0 atom stereocenters. The molecule has 0 fully saturated rings. The fraction of sp³-hybridized carbons (Fsp3) is 0.130. The number of nitrogens with zero attached hydrogens (tertiary/aromatic N) is 3. The summed E-state index contributed by atoms with van der Waals surface area (Å²) in [5.41, 5.74) is 4.82.